The summed E-state index contributed by atoms with van der Waals surface area (Å²) >= 11 is 0. The third-order valence-electron chi connectivity index (χ3n) is 2.60. The maximum atomic E-state index is 13.4. The molecule has 0 aliphatic carbocycles. The molecule has 0 radical (unpaired) electrons. The molecular formula is C13H20FNO2. The molecule has 1 atom stereocenters. The van der Waals surface area contributed by atoms with Crippen LogP contribution in [-0.4, -0.2) is 43.9 Å². The van der Waals surface area contributed by atoms with Crippen LogP contribution in [0.15, 0.2) is 18.2 Å². The Bertz CT molecular complexity index is 355. The summed E-state index contributed by atoms with van der Waals surface area (Å²) in [5.74, 6) is -0.152. The van der Waals surface area contributed by atoms with E-state index >= 15 is 0 Å². The Hall–Kier alpha value is -1.13. The molecule has 0 saturated heterocycles. The number of hydrogen-bond acceptors (Lipinski definition) is 3. The van der Waals surface area contributed by atoms with Gasteiger partial charge in [0.15, 0.2) is 11.6 Å². The van der Waals surface area contributed by atoms with Gasteiger partial charge < -0.3 is 14.7 Å². The lowest BCUT2D eigenvalue weighted by molar-refractivity contribution is 0.152. The van der Waals surface area contributed by atoms with Crippen LogP contribution < -0.4 is 4.74 Å². The summed E-state index contributed by atoms with van der Waals surface area (Å²) in [6.07, 6.45) is 0.709. The first-order valence-electron chi connectivity index (χ1n) is 5.68. The molecule has 0 bridgehead atoms. The molecule has 0 saturated carbocycles. The minimum absolute atomic E-state index is 0.233. The van der Waals surface area contributed by atoms with Gasteiger partial charge in [0.2, 0.25) is 0 Å². The van der Waals surface area contributed by atoms with Crippen LogP contribution in [0.4, 0.5) is 4.39 Å². The van der Waals surface area contributed by atoms with Gasteiger partial charge in [-0.1, -0.05) is 6.07 Å². The van der Waals surface area contributed by atoms with Crippen molar-refractivity contribution in [3.05, 3.63) is 29.6 Å². The fourth-order valence-corrected chi connectivity index (χ4v) is 1.62. The lowest BCUT2D eigenvalue weighted by Gasteiger charge is -2.14. The predicted octanol–water partition coefficient (Wildman–Crippen LogP) is 1.69. The van der Waals surface area contributed by atoms with Gasteiger partial charge in [-0.25, -0.2) is 4.39 Å². The predicted molar refractivity (Wildman–Crippen MR) is 65.8 cm³/mol. The van der Waals surface area contributed by atoms with Crippen molar-refractivity contribution in [2.75, 3.05) is 27.7 Å². The fraction of sp³-hybridized carbons (Fsp3) is 0.538. The molecule has 0 amide bonds. The van der Waals surface area contributed by atoms with Crippen molar-refractivity contribution in [2.45, 2.75) is 18.9 Å². The van der Waals surface area contributed by atoms with Crippen LogP contribution in [0, 0.1) is 5.82 Å². The zero-order valence-corrected chi connectivity index (χ0v) is 10.6. The van der Waals surface area contributed by atoms with Crippen molar-refractivity contribution in [1.82, 2.24) is 4.90 Å². The zero-order valence-electron chi connectivity index (χ0n) is 10.6. The maximum absolute atomic E-state index is 13.4. The number of aliphatic hydroxyl groups excluding tert-OH is 1. The lowest BCUT2D eigenvalue weighted by atomic mass is 10.1. The molecule has 1 N–H and O–H groups in total. The summed E-state index contributed by atoms with van der Waals surface area (Å²) in [7, 11) is 5.35. The van der Waals surface area contributed by atoms with Crippen LogP contribution >= 0.6 is 0 Å². The SMILES string of the molecule is COc1ccc(CC(O)CCN(C)C)cc1F. The van der Waals surface area contributed by atoms with Crippen LogP contribution in [-0.2, 0) is 6.42 Å². The molecule has 0 fully saturated rings. The second-order valence-corrected chi connectivity index (χ2v) is 4.42. The number of hydrogen-bond donors (Lipinski definition) is 1. The Morgan fingerprint density at radius 1 is 1.41 bits per heavy atom. The van der Waals surface area contributed by atoms with Gasteiger partial charge in [0.05, 0.1) is 13.2 Å². The average molecular weight is 241 g/mol. The Morgan fingerprint density at radius 2 is 2.12 bits per heavy atom. The smallest absolute Gasteiger partial charge is 0.165 e. The highest BCUT2D eigenvalue weighted by atomic mass is 19.1. The molecule has 0 heterocycles. The Kier molecular flexibility index (Phi) is 5.38. The van der Waals surface area contributed by atoms with Gasteiger partial charge in [-0.05, 0) is 51.2 Å². The van der Waals surface area contributed by atoms with Crippen molar-refractivity contribution >= 4 is 0 Å². The third kappa shape index (κ3) is 4.71. The highest BCUT2D eigenvalue weighted by molar-refractivity contribution is 5.29. The topological polar surface area (TPSA) is 32.7 Å². The number of benzene rings is 1. The largest absolute Gasteiger partial charge is 0.494 e. The molecule has 0 aliphatic heterocycles. The van der Waals surface area contributed by atoms with E-state index in [4.69, 9.17) is 4.74 Å². The quantitative estimate of drug-likeness (QED) is 0.822. The summed E-state index contributed by atoms with van der Waals surface area (Å²) < 4.78 is 18.2. The summed E-state index contributed by atoms with van der Waals surface area (Å²) in [5.41, 5.74) is 0.787. The molecule has 1 rings (SSSR count). The van der Waals surface area contributed by atoms with Gasteiger partial charge in [0, 0.05) is 0 Å². The first-order valence-corrected chi connectivity index (χ1v) is 5.68. The summed E-state index contributed by atoms with van der Waals surface area (Å²) in [6.45, 7) is 0.819. The standard InChI is InChI=1S/C13H20FNO2/c1-15(2)7-6-11(16)8-10-4-5-13(17-3)12(14)9-10/h4-5,9,11,16H,6-8H2,1-3H3. The molecule has 4 heteroatoms. The van der Waals surface area contributed by atoms with E-state index in [-0.39, 0.29) is 11.6 Å². The molecule has 1 aromatic carbocycles. The Labute approximate surface area is 102 Å². The lowest BCUT2D eigenvalue weighted by Crippen LogP contribution is -2.20. The first kappa shape index (κ1) is 13.9. The van der Waals surface area contributed by atoms with E-state index in [1.807, 2.05) is 19.0 Å². The number of nitrogens with zero attached hydrogens (tertiary/aromatic N) is 1. The summed E-state index contributed by atoms with van der Waals surface area (Å²) in [6, 6.07) is 4.78. The van der Waals surface area contributed by atoms with Crippen LogP contribution in [0.1, 0.15) is 12.0 Å². The average Bonchev–Trinajstić information content (AvgIpc) is 2.26. The minimum atomic E-state index is -0.440. The molecule has 96 valence electrons. The highest BCUT2D eigenvalue weighted by Crippen LogP contribution is 2.18. The molecule has 1 aromatic rings. The third-order valence-corrected chi connectivity index (χ3v) is 2.60. The van der Waals surface area contributed by atoms with Crippen molar-refractivity contribution in [2.24, 2.45) is 0 Å². The van der Waals surface area contributed by atoms with E-state index in [9.17, 15) is 9.50 Å². The molecule has 1 unspecified atom stereocenters. The molecule has 0 spiro atoms. The van der Waals surface area contributed by atoms with E-state index < -0.39 is 6.10 Å². The van der Waals surface area contributed by atoms with Crippen molar-refractivity contribution in [3.8, 4) is 5.75 Å². The number of rotatable bonds is 6. The number of halogens is 1. The van der Waals surface area contributed by atoms with E-state index in [2.05, 4.69) is 0 Å². The summed E-state index contributed by atoms with van der Waals surface area (Å²) in [5, 5.41) is 9.79. The molecule has 0 aromatic heterocycles. The van der Waals surface area contributed by atoms with Crippen LogP contribution in [0.3, 0.4) is 0 Å². The second kappa shape index (κ2) is 6.57. The van der Waals surface area contributed by atoms with Crippen LogP contribution in [0.5, 0.6) is 5.75 Å². The van der Waals surface area contributed by atoms with Crippen LogP contribution in [0.25, 0.3) is 0 Å². The van der Waals surface area contributed by atoms with Gasteiger partial charge in [-0.15, -0.1) is 0 Å². The molecular weight excluding hydrogens is 221 g/mol. The van der Waals surface area contributed by atoms with Crippen molar-refractivity contribution in [1.29, 1.82) is 0 Å². The Morgan fingerprint density at radius 3 is 2.65 bits per heavy atom. The number of methoxy groups -OCH3 is 1. The zero-order chi connectivity index (χ0) is 12.8. The van der Waals surface area contributed by atoms with E-state index in [0.717, 1.165) is 12.1 Å². The number of ether oxygens (including phenoxy) is 1. The Balaban J connectivity index is 2.53. The van der Waals surface area contributed by atoms with E-state index in [1.165, 1.54) is 13.2 Å². The van der Waals surface area contributed by atoms with Crippen molar-refractivity contribution in [3.63, 3.8) is 0 Å². The van der Waals surface area contributed by atoms with Crippen LogP contribution in [0.2, 0.25) is 0 Å². The second-order valence-electron chi connectivity index (χ2n) is 4.42. The number of aliphatic hydroxyl groups is 1. The van der Waals surface area contributed by atoms with Gasteiger partial charge in [-0.2, -0.15) is 0 Å². The first-order chi connectivity index (χ1) is 8.02. The highest BCUT2D eigenvalue weighted by Gasteiger charge is 2.09. The molecule has 17 heavy (non-hydrogen) atoms. The van der Waals surface area contributed by atoms with Crippen molar-refractivity contribution < 1.29 is 14.2 Å². The van der Waals surface area contributed by atoms with E-state index in [1.54, 1.807) is 12.1 Å². The normalized spacial score (nSPS) is 12.8. The maximum Gasteiger partial charge on any atom is 0.165 e. The molecule has 0 aliphatic rings. The molecule has 3 nitrogen and oxygen atoms in total. The van der Waals surface area contributed by atoms with E-state index in [0.29, 0.717) is 12.8 Å². The van der Waals surface area contributed by atoms with Gasteiger partial charge in [0.25, 0.3) is 0 Å². The van der Waals surface area contributed by atoms with Gasteiger partial charge in [-0.3, -0.25) is 0 Å². The fourth-order valence-electron chi connectivity index (χ4n) is 1.62. The van der Waals surface area contributed by atoms with Gasteiger partial charge in [0.1, 0.15) is 0 Å². The minimum Gasteiger partial charge on any atom is -0.494 e. The summed E-state index contributed by atoms with van der Waals surface area (Å²) in [4.78, 5) is 2.01. The van der Waals surface area contributed by atoms with Gasteiger partial charge >= 0.3 is 0 Å². The monoisotopic (exact) mass is 241 g/mol.